The monoisotopic (exact) mass is 1850 g/mol. The van der Waals surface area contributed by atoms with Crippen molar-refractivity contribution in [3.8, 4) is 51.7 Å². The maximum absolute atomic E-state index is 13.4. The van der Waals surface area contributed by atoms with Gasteiger partial charge in [0.05, 0.1) is 106 Å². The van der Waals surface area contributed by atoms with Crippen molar-refractivity contribution >= 4 is 104 Å². The second-order valence-corrected chi connectivity index (χ2v) is 33.6. The first-order valence-electron chi connectivity index (χ1n) is 43.6. The van der Waals surface area contributed by atoms with Gasteiger partial charge in [-0.15, -0.1) is 0 Å². The Hall–Kier alpha value is -15.4. The lowest BCUT2D eigenvalue weighted by Crippen LogP contribution is -2.18. The van der Waals surface area contributed by atoms with Crippen molar-refractivity contribution in [1.29, 1.82) is 0 Å². The number of nitrogens with two attached hydrogens (primary N) is 3. The summed E-state index contributed by atoms with van der Waals surface area (Å²) in [6.07, 6.45) is 0.767. The van der Waals surface area contributed by atoms with E-state index in [9.17, 15) is 73.5 Å². The summed E-state index contributed by atoms with van der Waals surface area (Å²) in [7, 11) is 0. The largest absolute Gasteiger partial charge is 0.491 e. The van der Waals surface area contributed by atoms with E-state index >= 15 is 0 Å². The zero-order valence-corrected chi connectivity index (χ0v) is 78.3. The summed E-state index contributed by atoms with van der Waals surface area (Å²) in [5, 5.41) is 51.2. The van der Waals surface area contributed by atoms with Gasteiger partial charge in [-0.2, -0.15) is 0 Å². The number of hydrogen-bond donors (Lipinski definition) is 9. The van der Waals surface area contributed by atoms with Crippen molar-refractivity contribution in [2.75, 3.05) is 64.9 Å². The Kier molecular flexibility index (Phi) is 39.5. The van der Waals surface area contributed by atoms with E-state index < -0.39 is 67.9 Å². The molecule has 0 radical (unpaired) electrons. The molecule has 0 spiro atoms. The molecule has 0 aliphatic rings. The maximum atomic E-state index is 13.4. The molecule has 714 valence electrons. The summed E-state index contributed by atoms with van der Waals surface area (Å²) in [6.45, 7) is 35.8. The summed E-state index contributed by atoms with van der Waals surface area (Å²) < 4.78 is 52.4. The van der Waals surface area contributed by atoms with E-state index in [1.54, 1.807) is 45.9 Å². The molecule has 36 heteroatoms. The molecule has 0 heterocycles. The summed E-state index contributed by atoms with van der Waals surface area (Å²) in [6, 6.07) is 38.9. The Balaban J connectivity index is 0.000000274. The van der Waals surface area contributed by atoms with Gasteiger partial charge in [-0.25, -0.2) is 0 Å². The number of ether oxygens (including phenoxy) is 9. The van der Waals surface area contributed by atoms with Crippen molar-refractivity contribution in [3.05, 3.63) is 244 Å². The summed E-state index contributed by atoms with van der Waals surface area (Å²) >= 11 is 0. The van der Waals surface area contributed by atoms with Crippen LogP contribution in [-0.2, 0) is 0 Å². The molecule has 134 heavy (non-hydrogen) atoms. The molecule has 9 aromatic carbocycles. The second-order valence-electron chi connectivity index (χ2n) is 33.6. The van der Waals surface area contributed by atoms with E-state index in [0.29, 0.717) is 91.4 Å². The molecule has 0 fully saturated rings. The van der Waals surface area contributed by atoms with E-state index in [2.05, 4.69) is 31.9 Å². The highest BCUT2D eigenvalue weighted by atomic mass is 16.6. The van der Waals surface area contributed by atoms with Crippen LogP contribution in [0.25, 0.3) is 0 Å². The van der Waals surface area contributed by atoms with Gasteiger partial charge in [-0.3, -0.25) is 73.5 Å². The molecule has 12 N–H and O–H groups in total. The zero-order chi connectivity index (χ0) is 99.1. The van der Waals surface area contributed by atoms with Crippen LogP contribution in [0.1, 0.15) is 237 Å². The molecule has 0 bridgehead atoms. The van der Waals surface area contributed by atoms with Crippen molar-refractivity contribution in [2.45, 2.75) is 168 Å². The van der Waals surface area contributed by atoms with Gasteiger partial charge in [-0.05, 0) is 211 Å². The van der Waals surface area contributed by atoms with E-state index in [1.807, 2.05) is 96.9 Å². The lowest BCUT2D eigenvalue weighted by molar-refractivity contribution is -0.386. The fraction of sp³-hybridized carbons (Fsp3) is 0.357. The highest BCUT2D eigenvalue weighted by Gasteiger charge is 2.28. The Morgan fingerprint density at radius 3 is 0.664 bits per heavy atom. The lowest BCUT2D eigenvalue weighted by atomic mass is 10.1. The Morgan fingerprint density at radius 2 is 0.440 bits per heavy atom. The molecule has 9 aromatic rings. The number of benzene rings is 9. The maximum Gasteiger partial charge on any atom is 0.310 e. The second kappa shape index (κ2) is 50.1. The molecule has 3 unspecified atom stereocenters. The number of nitrogens with one attached hydrogen (secondary N) is 6. The number of amides is 9. The minimum Gasteiger partial charge on any atom is -0.491 e. The Bertz CT molecular complexity index is 5740. The SMILES string of the molecule is CC(C)COc1cc(C(N)=O)ccc1NC(=O)c1ccc(NC(=O)c2ccc([N+](=O)[O-])c(OCC(C)C)c2)c(OC(C)C)c1.CCC(C)Oc1cc(C(=O)Nc2ccc(C(=O)Nc3ccc(C(N)=O)cc3OCC(C)C)cc2OCC(C)C)ccc1[N+](=O)[O-].CCC(C)Oc1cc(C(=O)Nc2ccc(C(N)=O)cc2OCC(C)C)ccc1NC(=O)c1ccc([N+](=O)[O-])c(OC(C)CC)c1. The van der Waals surface area contributed by atoms with Crippen LogP contribution < -0.4 is 91.7 Å². The molecule has 3 atom stereocenters. The normalized spacial score (nSPS) is 11.6. The number of nitrogens with zero attached hydrogens (tertiary/aromatic N) is 3. The predicted molar refractivity (Wildman–Crippen MR) is 510 cm³/mol. The average Bonchev–Trinajstić information content (AvgIpc) is 0.810. The number of nitro benzene ring substituents is 3. The molecular formula is C98H118N12O24. The fourth-order valence-corrected chi connectivity index (χ4v) is 11.6. The van der Waals surface area contributed by atoms with Gasteiger partial charge in [0.25, 0.3) is 35.4 Å². The van der Waals surface area contributed by atoms with Crippen molar-refractivity contribution in [3.63, 3.8) is 0 Å². The van der Waals surface area contributed by atoms with Gasteiger partial charge in [0.1, 0.15) is 34.5 Å². The molecule has 0 aromatic heterocycles. The van der Waals surface area contributed by atoms with Crippen molar-refractivity contribution in [1.82, 2.24) is 0 Å². The molecule has 0 aliphatic carbocycles. The average molecular weight is 1850 g/mol. The molecule has 9 rings (SSSR count). The van der Waals surface area contributed by atoms with Gasteiger partial charge in [0.15, 0.2) is 17.2 Å². The van der Waals surface area contributed by atoms with E-state index in [1.165, 1.54) is 146 Å². The van der Waals surface area contributed by atoms with Crippen LogP contribution in [0, 0.1) is 59.9 Å². The number of carbonyl (C=O) groups is 9. The van der Waals surface area contributed by atoms with Gasteiger partial charge >= 0.3 is 17.1 Å². The molecule has 0 saturated heterocycles. The van der Waals surface area contributed by atoms with Crippen LogP contribution in [0.2, 0.25) is 0 Å². The zero-order valence-electron chi connectivity index (χ0n) is 78.3. The number of carbonyl (C=O) groups excluding carboxylic acids is 9. The number of hydrogen-bond acceptors (Lipinski definition) is 24. The van der Waals surface area contributed by atoms with Crippen LogP contribution in [0.3, 0.4) is 0 Å². The first-order valence-corrected chi connectivity index (χ1v) is 43.6. The van der Waals surface area contributed by atoms with E-state index in [-0.39, 0.29) is 168 Å². The van der Waals surface area contributed by atoms with Gasteiger partial charge < -0.3 is 91.7 Å². The number of nitro groups is 3. The topological polar surface area (TPSA) is 516 Å². The first-order chi connectivity index (χ1) is 63.3. The van der Waals surface area contributed by atoms with Crippen LogP contribution in [0.5, 0.6) is 51.7 Å². The van der Waals surface area contributed by atoms with E-state index in [0.717, 1.165) is 0 Å². The van der Waals surface area contributed by atoms with Gasteiger partial charge in [-0.1, -0.05) is 90.0 Å². The number of primary amides is 3. The van der Waals surface area contributed by atoms with Gasteiger partial charge in [0.2, 0.25) is 17.7 Å². The van der Waals surface area contributed by atoms with Crippen molar-refractivity contribution < 1.29 is 101 Å². The Labute approximate surface area is 777 Å². The van der Waals surface area contributed by atoms with E-state index in [4.69, 9.17) is 59.8 Å². The molecular weight excluding hydrogens is 1730 g/mol. The lowest BCUT2D eigenvalue weighted by Gasteiger charge is -2.19. The number of rotatable bonds is 44. The highest BCUT2D eigenvalue weighted by molar-refractivity contribution is 6.11. The van der Waals surface area contributed by atoms with Crippen LogP contribution >= 0.6 is 0 Å². The predicted octanol–water partition coefficient (Wildman–Crippen LogP) is 19.1. The van der Waals surface area contributed by atoms with Crippen molar-refractivity contribution in [2.24, 2.45) is 46.8 Å². The summed E-state index contributed by atoms with van der Waals surface area (Å²) in [5.41, 5.74) is 19.3. The highest BCUT2D eigenvalue weighted by Crippen LogP contribution is 2.39. The minimum atomic E-state index is -0.626. The smallest absolute Gasteiger partial charge is 0.310 e. The Morgan fingerprint density at radius 1 is 0.261 bits per heavy atom. The molecule has 0 saturated carbocycles. The third-order valence-electron chi connectivity index (χ3n) is 19.2. The minimum absolute atomic E-state index is 0.00842. The molecule has 36 nitrogen and oxygen atoms in total. The third kappa shape index (κ3) is 32.0. The third-order valence-corrected chi connectivity index (χ3v) is 19.2. The quantitative estimate of drug-likeness (QED) is 0.0126. The van der Waals surface area contributed by atoms with Crippen LogP contribution in [-0.4, -0.2) is 125 Å². The number of anilines is 6. The summed E-state index contributed by atoms with van der Waals surface area (Å²) in [4.78, 5) is 148. The first kappa shape index (κ1) is 106. The van der Waals surface area contributed by atoms with Crippen LogP contribution in [0.15, 0.2) is 164 Å². The molecule has 9 amide bonds. The molecule has 0 aliphatic heterocycles. The standard InChI is InChI=1S/2C33H40N4O8.C32H38N4O8/c1-7-21(6)45-30-16-24(10-13-27(30)37(41)42)33(40)36-26-12-9-23(15-29(26)44-18-20(4)5)32(39)35-25-11-8-22(31(34)38)14-28(25)43-17-19(2)3;1-7-20(5)44-29-16-23(32(39)35-25-12-9-22(31(34)38)15-28(25)43-18-19(3)4)10-13-26(29)36-33(40)24-11-14-27(37(41)42)30(17-24)45-21(6)8-2;1-18(2)16-42-27-13-21(30(33)37)7-10-24(27)34-31(38)22-8-11-25(28(14-22)44-20(5)6)35-32(39)23-9-12-26(36(40)41)29(15-23)43-17-19(3)4/h8-16,19-21H,7,17-18H2,1-6H3,(H2,34,38)(H,35,39)(H,36,40);9-17,19-21H,7-8,18H2,1-6H3,(H2,34,38)(H,35,39)(H,36,40);7-15,18-20H,16-17H2,1-6H3,(H2,33,37)(H,34,38)(H,35,39). The fourth-order valence-electron chi connectivity index (χ4n) is 11.6. The van der Waals surface area contributed by atoms with Crippen LogP contribution in [0.4, 0.5) is 51.2 Å². The van der Waals surface area contributed by atoms with Gasteiger partial charge in [0, 0.05) is 86.5 Å². The summed E-state index contributed by atoms with van der Waals surface area (Å²) in [5.74, 6) is -2.53.